The zero-order chi connectivity index (χ0) is 12.7. The lowest BCUT2D eigenvalue weighted by Crippen LogP contribution is -2.19. The lowest BCUT2D eigenvalue weighted by Gasteiger charge is -2.14. The van der Waals surface area contributed by atoms with Crippen molar-refractivity contribution >= 4 is 5.97 Å². The maximum Gasteiger partial charge on any atom is 0.303 e. The summed E-state index contributed by atoms with van der Waals surface area (Å²) in [5.74, 6) is -0.711. The average molecular weight is 235 g/mol. The molecule has 0 bridgehead atoms. The van der Waals surface area contributed by atoms with Crippen LogP contribution in [0.3, 0.4) is 0 Å². The zero-order valence-corrected chi connectivity index (χ0v) is 10.6. The SMILES string of the molecule is Cc1ccc([C@H](C)NCCCCC(=O)O)cc1. The summed E-state index contributed by atoms with van der Waals surface area (Å²) in [6.45, 7) is 5.07. The second kappa shape index (κ2) is 7.07. The van der Waals surface area contributed by atoms with Gasteiger partial charge in [-0.1, -0.05) is 29.8 Å². The van der Waals surface area contributed by atoms with Crippen molar-refractivity contribution in [1.29, 1.82) is 0 Å². The number of hydrogen-bond acceptors (Lipinski definition) is 2. The minimum Gasteiger partial charge on any atom is -0.481 e. The topological polar surface area (TPSA) is 49.3 Å². The van der Waals surface area contributed by atoms with Gasteiger partial charge in [0.05, 0.1) is 0 Å². The highest BCUT2D eigenvalue weighted by molar-refractivity contribution is 5.66. The van der Waals surface area contributed by atoms with Gasteiger partial charge < -0.3 is 10.4 Å². The molecule has 0 aliphatic rings. The van der Waals surface area contributed by atoms with Crippen LogP contribution in [0.4, 0.5) is 0 Å². The normalized spacial score (nSPS) is 12.4. The van der Waals surface area contributed by atoms with Crippen LogP contribution in [0.25, 0.3) is 0 Å². The number of carbonyl (C=O) groups is 1. The van der Waals surface area contributed by atoms with E-state index in [0.717, 1.165) is 19.4 Å². The minimum atomic E-state index is -0.711. The standard InChI is InChI=1S/C14H21NO2/c1-11-6-8-13(9-7-11)12(2)15-10-4-3-5-14(16)17/h6-9,12,15H,3-5,10H2,1-2H3,(H,16,17)/t12-/m0/s1. The zero-order valence-electron chi connectivity index (χ0n) is 10.6. The molecule has 0 radical (unpaired) electrons. The molecule has 2 N–H and O–H groups in total. The Kier molecular flexibility index (Phi) is 5.70. The number of aryl methyl sites for hydroxylation is 1. The Morgan fingerprint density at radius 2 is 1.94 bits per heavy atom. The van der Waals surface area contributed by atoms with Crippen LogP contribution in [0, 0.1) is 6.92 Å². The molecule has 3 heteroatoms. The van der Waals surface area contributed by atoms with Crippen LogP contribution < -0.4 is 5.32 Å². The Hall–Kier alpha value is -1.35. The van der Waals surface area contributed by atoms with Crippen molar-refractivity contribution in [1.82, 2.24) is 5.32 Å². The predicted octanol–water partition coefficient (Wildman–Crippen LogP) is 2.90. The number of rotatable bonds is 7. The van der Waals surface area contributed by atoms with Crippen molar-refractivity contribution in [3.8, 4) is 0 Å². The van der Waals surface area contributed by atoms with Gasteiger partial charge in [0.15, 0.2) is 0 Å². The summed E-state index contributed by atoms with van der Waals surface area (Å²) in [5.41, 5.74) is 2.54. The van der Waals surface area contributed by atoms with E-state index in [-0.39, 0.29) is 6.42 Å². The van der Waals surface area contributed by atoms with Crippen molar-refractivity contribution in [2.75, 3.05) is 6.54 Å². The van der Waals surface area contributed by atoms with E-state index < -0.39 is 5.97 Å². The van der Waals surface area contributed by atoms with Gasteiger partial charge in [0.2, 0.25) is 0 Å². The van der Waals surface area contributed by atoms with Crippen molar-refractivity contribution in [2.45, 2.75) is 39.2 Å². The third-order valence-corrected chi connectivity index (χ3v) is 2.85. The molecule has 0 spiro atoms. The molecule has 0 aliphatic heterocycles. The van der Waals surface area contributed by atoms with Crippen LogP contribution in [0.15, 0.2) is 24.3 Å². The number of carboxylic acid groups (broad SMARTS) is 1. The van der Waals surface area contributed by atoms with Gasteiger partial charge in [-0.15, -0.1) is 0 Å². The van der Waals surface area contributed by atoms with Gasteiger partial charge in [-0.3, -0.25) is 4.79 Å². The maximum atomic E-state index is 10.3. The molecule has 0 aliphatic carbocycles. The maximum absolute atomic E-state index is 10.3. The Morgan fingerprint density at radius 3 is 2.53 bits per heavy atom. The largest absolute Gasteiger partial charge is 0.481 e. The third-order valence-electron chi connectivity index (χ3n) is 2.85. The van der Waals surface area contributed by atoms with Gasteiger partial charge in [-0.25, -0.2) is 0 Å². The van der Waals surface area contributed by atoms with E-state index in [1.165, 1.54) is 11.1 Å². The lowest BCUT2D eigenvalue weighted by atomic mass is 10.1. The quantitative estimate of drug-likeness (QED) is 0.714. The summed E-state index contributed by atoms with van der Waals surface area (Å²) >= 11 is 0. The summed E-state index contributed by atoms with van der Waals surface area (Å²) in [6.07, 6.45) is 1.91. The highest BCUT2D eigenvalue weighted by Gasteiger charge is 2.03. The van der Waals surface area contributed by atoms with E-state index in [1.54, 1.807) is 0 Å². The van der Waals surface area contributed by atoms with E-state index in [9.17, 15) is 4.79 Å². The minimum absolute atomic E-state index is 0.264. The van der Waals surface area contributed by atoms with Crippen LogP contribution >= 0.6 is 0 Å². The van der Waals surface area contributed by atoms with E-state index in [0.29, 0.717) is 6.04 Å². The molecule has 3 nitrogen and oxygen atoms in total. The first-order valence-electron chi connectivity index (χ1n) is 6.11. The first kappa shape index (κ1) is 13.7. The molecule has 0 amide bonds. The fourth-order valence-electron chi connectivity index (χ4n) is 1.69. The van der Waals surface area contributed by atoms with Crippen molar-refractivity contribution in [2.24, 2.45) is 0 Å². The molecule has 0 unspecified atom stereocenters. The molecular weight excluding hydrogens is 214 g/mol. The number of benzene rings is 1. The smallest absolute Gasteiger partial charge is 0.303 e. The Morgan fingerprint density at radius 1 is 1.29 bits per heavy atom. The molecular formula is C14H21NO2. The third kappa shape index (κ3) is 5.50. The molecule has 0 aromatic heterocycles. The lowest BCUT2D eigenvalue weighted by molar-refractivity contribution is -0.137. The second-order valence-electron chi connectivity index (χ2n) is 4.44. The average Bonchev–Trinajstić information content (AvgIpc) is 2.29. The summed E-state index contributed by atoms with van der Waals surface area (Å²) < 4.78 is 0. The fourth-order valence-corrected chi connectivity index (χ4v) is 1.69. The Balaban J connectivity index is 2.23. The van der Waals surface area contributed by atoms with Gasteiger partial charge in [0.25, 0.3) is 0 Å². The molecule has 1 rings (SSSR count). The van der Waals surface area contributed by atoms with Crippen molar-refractivity contribution in [3.63, 3.8) is 0 Å². The number of unbranched alkanes of at least 4 members (excludes halogenated alkanes) is 1. The molecule has 0 heterocycles. The van der Waals surface area contributed by atoms with Crippen LogP contribution in [-0.4, -0.2) is 17.6 Å². The second-order valence-corrected chi connectivity index (χ2v) is 4.44. The van der Waals surface area contributed by atoms with Crippen LogP contribution in [0.1, 0.15) is 43.4 Å². The van der Waals surface area contributed by atoms with Gasteiger partial charge in [0, 0.05) is 12.5 Å². The molecule has 94 valence electrons. The van der Waals surface area contributed by atoms with Gasteiger partial charge >= 0.3 is 5.97 Å². The number of carboxylic acids is 1. The van der Waals surface area contributed by atoms with Crippen molar-refractivity contribution in [3.05, 3.63) is 35.4 Å². The van der Waals surface area contributed by atoms with E-state index in [1.807, 2.05) is 0 Å². The Bertz CT molecular complexity index is 346. The van der Waals surface area contributed by atoms with E-state index in [2.05, 4.69) is 43.4 Å². The summed E-state index contributed by atoms with van der Waals surface area (Å²) in [6, 6.07) is 8.80. The van der Waals surface area contributed by atoms with Gasteiger partial charge in [-0.2, -0.15) is 0 Å². The molecule has 0 fully saturated rings. The summed E-state index contributed by atoms with van der Waals surface area (Å²) in [5, 5.41) is 11.9. The molecule has 17 heavy (non-hydrogen) atoms. The fraction of sp³-hybridized carbons (Fsp3) is 0.500. The van der Waals surface area contributed by atoms with Crippen LogP contribution in [0.2, 0.25) is 0 Å². The highest BCUT2D eigenvalue weighted by atomic mass is 16.4. The first-order chi connectivity index (χ1) is 8.09. The monoisotopic (exact) mass is 235 g/mol. The van der Waals surface area contributed by atoms with Crippen molar-refractivity contribution < 1.29 is 9.90 Å². The summed E-state index contributed by atoms with van der Waals surface area (Å²) in [7, 11) is 0. The van der Waals surface area contributed by atoms with E-state index >= 15 is 0 Å². The molecule has 0 saturated carbocycles. The molecule has 1 aromatic carbocycles. The molecule has 0 saturated heterocycles. The van der Waals surface area contributed by atoms with Crippen LogP contribution in [0.5, 0.6) is 0 Å². The number of hydrogen-bond donors (Lipinski definition) is 2. The summed E-state index contributed by atoms with van der Waals surface area (Å²) in [4.78, 5) is 10.3. The number of nitrogens with one attached hydrogen (secondary N) is 1. The highest BCUT2D eigenvalue weighted by Crippen LogP contribution is 2.12. The van der Waals surface area contributed by atoms with E-state index in [4.69, 9.17) is 5.11 Å². The molecule has 1 atom stereocenters. The molecule has 1 aromatic rings. The van der Waals surface area contributed by atoms with Crippen LogP contribution in [-0.2, 0) is 4.79 Å². The Labute approximate surface area is 103 Å². The van der Waals surface area contributed by atoms with Gasteiger partial charge in [-0.05, 0) is 38.8 Å². The first-order valence-corrected chi connectivity index (χ1v) is 6.11. The predicted molar refractivity (Wildman–Crippen MR) is 69.1 cm³/mol. The number of aliphatic carboxylic acids is 1. The van der Waals surface area contributed by atoms with Gasteiger partial charge in [0.1, 0.15) is 0 Å².